The zero-order chi connectivity index (χ0) is 26.5. The first kappa shape index (κ1) is 25.7. The highest BCUT2D eigenvalue weighted by Gasteiger charge is 2.45. The van der Waals surface area contributed by atoms with Gasteiger partial charge in [0.2, 0.25) is 0 Å². The van der Waals surface area contributed by atoms with Crippen LogP contribution in [-0.2, 0) is 6.42 Å². The van der Waals surface area contributed by atoms with Gasteiger partial charge in [0.25, 0.3) is 0 Å². The van der Waals surface area contributed by atoms with Gasteiger partial charge >= 0.3 is 0 Å². The van der Waals surface area contributed by atoms with Crippen molar-refractivity contribution in [3.63, 3.8) is 0 Å². The Balaban J connectivity index is 1.58. The van der Waals surface area contributed by atoms with E-state index in [9.17, 15) is 9.59 Å². The Bertz CT molecular complexity index is 1320. The second-order valence-corrected chi connectivity index (χ2v) is 10.4. The highest BCUT2D eigenvalue weighted by molar-refractivity contribution is 6.02. The number of hydrogen-bond acceptors (Lipinski definition) is 4. The predicted octanol–water partition coefficient (Wildman–Crippen LogP) is 6.34. The third kappa shape index (κ3) is 5.51. The molecule has 1 saturated heterocycles. The SMILES string of the molecule is Cc1cccc(C2C(C(=O)c3ccccc3)CN(CCc3cccnc3)CC2C(=O)c2ccccc2)c1C. The zero-order valence-corrected chi connectivity index (χ0v) is 22.1. The molecule has 0 saturated carbocycles. The van der Waals surface area contributed by atoms with Gasteiger partial charge in [-0.1, -0.05) is 84.9 Å². The number of carbonyl (C=O) groups is 2. The van der Waals surface area contributed by atoms with E-state index < -0.39 is 0 Å². The molecule has 0 N–H and O–H groups in total. The normalized spacial score (nSPS) is 19.7. The summed E-state index contributed by atoms with van der Waals surface area (Å²) in [6.45, 7) is 6.22. The van der Waals surface area contributed by atoms with Crippen LogP contribution in [0, 0.1) is 25.7 Å². The molecule has 4 aromatic rings. The van der Waals surface area contributed by atoms with Crippen LogP contribution in [0.3, 0.4) is 0 Å². The van der Waals surface area contributed by atoms with Crippen molar-refractivity contribution in [2.45, 2.75) is 26.2 Å². The van der Waals surface area contributed by atoms with Gasteiger partial charge < -0.3 is 4.90 Å². The van der Waals surface area contributed by atoms with Gasteiger partial charge in [-0.2, -0.15) is 0 Å². The van der Waals surface area contributed by atoms with Crippen LogP contribution in [0.5, 0.6) is 0 Å². The topological polar surface area (TPSA) is 50.3 Å². The lowest BCUT2D eigenvalue weighted by Crippen LogP contribution is -2.51. The number of aromatic nitrogens is 1. The van der Waals surface area contributed by atoms with Crippen LogP contribution in [-0.4, -0.2) is 41.1 Å². The fraction of sp³-hybridized carbons (Fsp3) is 0.265. The number of ketones is 2. The number of carbonyl (C=O) groups excluding carboxylic acids is 2. The van der Waals surface area contributed by atoms with Crippen molar-refractivity contribution in [2.24, 2.45) is 11.8 Å². The predicted molar refractivity (Wildman–Crippen MR) is 152 cm³/mol. The summed E-state index contributed by atoms with van der Waals surface area (Å²) in [5.41, 5.74) is 6.01. The average molecular weight is 503 g/mol. The molecule has 0 spiro atoms. The molecule has 0 bridgehead atoms. The van der Waals surface area contributed by atoms with Crippen molar-refractivity contribution < 1.29 is 9.59 Å². The zero-order valence-electron chi connectivity index (χ0n) is 22.1. The van der Waals surface area contributed by atoms with E-state index in [0.717, 1.165) is 29.7 Å². The lowest BCUT2D eigenvalue weighted by Gasteiger charge is -2.43. The average Bonchev–Trinajstić information content (AvgIpc) is 2.98. The van der Waals surface area contributed by atoms with Gasteiger partial charge in [0.05, 0.1) is 0 Å². The summed E-state index contributed by atoms with van der Waals surface area (Å²) in [6.07, 6.45) is 4.49. The fourth-order valence-corrected chi connectivity index (χ4v) is 5.85. The van der Waals surface area contributed by atoms with E-state index in [1.807, 2.05) is 72.9 Å². The smallest absolute Gasteiger partial charge is 0.167 e. The van der Waals surface area contributed by atoms with Crippen molar-refractivity contribution >= 4 is 11.6 Å². The molecule has 4 heteroatoms. The number of rotatable bonds is 8. The molecular formula is C34H34N2O2. The monoisotopic (exact) mass is 502 g/mol. The maximum absolute atomic E-state index is 14.2. The maximum Gasteiger partial charge on any atom is 0.167 e. The van der Waals surface area contributed by atoms with Gasteiger partial charge in [-0.15, -0.1) is 0 Å². The molecule has 1 aromatic heterocycles. The van der Waals surface area contributed by atoms with Crippen molar-refractivity contribution in [3.8, 4) is 0 Å². The van der Waals surface area contributed by atoms with Crippen LogP contribution < -0.4 is 0 Å². The summed E-state index contributed by atoms with van der Waals surface area (Å²) in [5, 5.41) is 0. The summed E-state index contributed by atoms with van der Waals surface area (Å²) >= 11 is 0. The molecule has 5 rings (SSSR count). The van der Waals surface area contributed by atoms with E-state index in [-0.39, 0.29) is 29.3 Å². The van der Waals surface area contributed by atoms with Gasteiger partial charge in [-0.25, -0.2) is 0 Å². The molecule has 2 unspecified atom stereocenters. The number of hydrogen-bond donors (Lipinski definition) is 0. The van der Waals surface area contributed by atoms with Crippen LogP contribution in [0.1, 0.15) is 48.9 Å². The van der Waals surface area contributed by atoms with Crippen LogP contribution >= 0.6 is 0 Å². The largest absolute Gasteiger partial charge is 0.301 e. The van der Waals surface area contributed by atoms with Crippen molar-refractivity contribution in [1.29, 1.82) is 0 Å². The minimum absolute atomic E-state index is 0.105. The molecule has 38 heavy (non-hydrogen) atoms. The molecular weight excluding hydrogens is 468 g/mol. The standard InChI is InChI=1S/C34H34N2O2/c1-24-11-9-17-29(25(24)2)32-30(33(37)27-13-5-3-6-14-27)22-36(20-18-26-12-10-19-35-21-26)23-31(32)34(38)28-15-7-4-8-16-28/h3-17,19,21,30-32H,18,20,22-23H2,1-2H3. The van der Waals surface area contributed by atoms with Crippen molar-refractivity contribution in [3.05, 3.63) is 137 Å². The number of piperidine rings is 1. The Morgan fingerprint density at radius 2 is 1.37 bits per heavy atom. The number of Topliss-reactive ketones (excluding diaryl/α,β-unsaturated/α-hetero) is 2. The Hall–Kier alpha value is -3.89. The lowest BCUT2D eigenvalue weighted by molar-refractivity contribution is 0.0575. The van der Waals surface area contributed by atoms with E-state index in [4.69, 9.17) is 0 Å². The Kier molecular flexibility index (Phi) is 7.90. The third-order valence-corrected chi connectivity index (χ3v) is 8.01. The lowest BCUT2D eigenvalue weighted by atomic mass is 9.67. The number of likely N-dealkylation sites (tertiary alicyclic amines) is 1. The Morgan fingerprint density at radius 3 is 1.92 bits per heavy atom. The maximum atomic E-state index is 14.2. The highest BCUT2D eigenvalue weighted by atomic mass is 16.1. The molecule has 2 atom stereocenters. The number of nitrogens with zero attached hydrogens (tertiary/aromatic N) is 2. The molecule has 0 radical (unpaired) electrons. The minimum atomic E-state index is -0.335. The number of benzene rings is 3. The van der Waals surface area contributed by atoms with Gasteiger partial charge in [0.1, 0.15) is 0 Å². The first-order chi connectivity index (χ1) is 18.5. The van der Waals surface area contributed by atoms with Crippen LogP contribution in [0.4, 0.5) is 0 Å². The van der Waals surface area contributed by atoms with Crippen LogP contribution in [0.25, 0.3) is 0 Å². The molecule has 192 valence electrons. The molecule has 4 nitrogen and oxygen atoms in total. The highest BCUT2D eigenvalue weighted by Crippen LogP contribution is 2.42. The van der Waals surface area contributed by atoms with Crippen LogP contribution in [0.15, 0.2) is 103 Å². The van der Waals surface area contributed by atoms with E-state index in [1.54, 1.807) is 6.20 Å². The summed E-state index contributed by atoms with van der Waals surface area (Å²) in [6, 6.07) is 29.4. The van der Waals surface area contributed by atoms with Crippen LogP contribution in [0.2, 0.25) is 0 Å². The van der Waals surface area contributed by atoms with Crippen molar-refractivity contribution in [1.82, 2.24) is 9.88 Å². The Morgan fingerprint density at radius 1 is 0.763 bits per heavy atom. The molecule has 0 amide bonds. The third-order valence-electron chi connectivity index (χ3n) is 8.01. The summed E-state index contributed by atoms with van der Waals surface area (Å²) < 4.78 is 0. The van der Waals surface area contributed by atoms with E-state index in [0.29, 0.717) is 24.2 Å². The second kappa shape index (κ2) is 11.7. The Labute approximate surface area is 225 Å². The molecule has 2 heterocycles. The summed E-state index contributed by atoms with van der Waals surface area (Å²) in [5.74, 6) is -0.664. The van der Waals surface area contributed by atoms with Gasteiger partial charge in [0, 0.05) is 60.9 Å². The molecule has 3 aromatic carbocycles. The molecule has 1 aliphatic heterocycles. The first-order valence-electron chi connectivity index (χ1n) is 13.4. The first-order valence-corrected chi connectivity index (χ1v) is 13.4. The van der Waals surface area contributed by atoms with Gasteiger partial charge in [0.15, 0.2) is 11.6 Å². The van der Waals surface area contributed by atoms with Gasteiger partial charge in [-0.3, -0.25) is 14.6 Å². The molecule has 0 aliphatic carbocycles. The quantitative estimate of drug-likeness (QED) is 0.264. The molecule has 1 fully saturated rings. The molecule has 1 aliphatic rings. The van der Waals surface area contributed by atoms with E-state index in [2.05, 4.69) is 48.0 Å². The minimum Gasteiger partial charge on any atom is -0.301 e. The van der Waals surface area contributed by atoms with Gasteiger partial charge in [-0.05, 0) is 48.6 Å². The summed E-state index contributed by atoms with van der Waals surface area (Å²) in [7, 11) is 0. The second-order valence-electron chi connectivity index (χ2n) is 10.4. The van der Waals surface area contributed by atoms with E-state index >= 15 is 0 Å². The number of aryl methyl sites for hydroxylation is 1. The number of pyridine rings is 1. The summed E-state index contributed by atoms with van der Waals surface area (Å²) in [4.78, 5) is 34.9. The fourth-order valence-electron chi connectivity index (χ4n) is 5.85. The van der Waals surface area contributed by atoms with Crippen molar-refractivity contribution in [2.75, 3.05) is 19.6 Å². The van der Waals surface area contributed by atoms with E-state index in [1.165, 1.54) is 5.56 Å².